The number of nitrogens with zero attached hydrogens (tertiary/aromatic N) is 1. The Hall–Kier alpha value is 0.0500. The molecule has 1 aliphatic carbocycles. The van der Waals surface area contributed by atoms with Crippen molar-refractivity contribution in [1.29, 1.82) is 0 Å². The minimum Gasteiger partial charge on any atom is -0.478 e. The Bertz CT molecular complexity index is 752. The number of H-pyrrole nitrogens is 1. The second kappa shape index (κ2) is 8.06. The van der Waals surface area contributed by atoms with Crippen LogP contribution >= 0.6 is 11.3 Å². The van der Waals surface area contributed by atoms with E-state index in [4.69, 9.17) is 5.11 Å². The first-order valence-electron chi connectivity index (χ1n) is 6.11. The molecule has 3 rings (SSSR count). The van der Waals surface area contributed by atoms with Gasteiger partial charge in [-0.15, -0.1) is 11.3 Å². The number of thiophene rings is 1. The van der Waals surface area contributed by atoms with E-state index >= 15 is 0 Å². The number of nitrogens with one attached hydrogen (secondary N) is 1. The van der Waals surface area contributed by atoms with Crippen LogP contribution in [0.25, 0.3) is 16.3 Å². The Morgan fingerprint density at radius 2 is 2.00 bits per heavy atom. The summed E-state index contributed by atoms with van der Waals surface area (Å²) in [5.74, 6) is -0.772. The molecule has 2 heterocycles. The molecular weight excluding hydrogens is 310 g/mol. The van der Waals surface area contributed by atoms with Crippen molar-refractivity contribution in [2.24, 2.45) is 0 Å². The molecule has 21 heavy (non-hydrogen) atoms. The van der Waals surface area contributed by atoms with Gasteiger partial charge >= 0.3 is 5.97 Å². The third-order valence-corrected chi connectivity index (χ3v) is 4.41. The van der Waals surface area contributed by atoms with E-state index in [0.29, 0.717) is 16.0 Å². The van der Waals surface area contributed by atoms with Crippen LogP contribution in [0, 0.1) is 0 Å². The van der Waals surface area contributed by atoms with E-state index in [1.807, 2.05) is 0 Å². The van der Waals surface area contributed by atoms with E-state index in [9.17, 15) is 9.59 Å². The van der Waals surface area contributed by atoms with E-state index in [1.54, 1.807) is 11.3 Å². The van der Waals surface area contributed by atoms with Crippen LogP contribution in [-0.2, 0) is 17.6 Å². The van der Waals surface area contributed by atoms with Crippen LogP contribution in [0.5, 0.6) is 0 Å². The van der Waals surface area contributed by atoms with Gasteiger partial charge in [0.15, 0.2) is 0 Å². The van der Waals surface area contributed by atoms with Crippen LogP contribution in [-0.4, -0.2) is 80.2 Å². The molecule has 0 unspecified atom stereocenters. The minimum absolute atomic E-state index is 0. The van der Waals surface area contributed by atoms with Crippen molar-refractivity contribution in [3.05, 3.63) is 32.7 Å². The van der Waals surface area contributed by atoms with Gasteiger partial charge in [0, 0.05) is 70.1 Å². The molecule has 0 aliphatic heterocycles. The second-order valence-corrected chi connectivity index (χ2v) is 5.60. The fourth-order valence-electron chi connectivity index (χ4n) is 2.41. The summed E-state index contributed by atoms with van der Waals surface area (Å²) in [5.41, 5.74) is 0.961. The summed E-state index contributed by atoms with van der Waals surface area (Å²) in [4.78, 5) is 31.5. The van der Waals surface area contributed by atoms with Crippen molar-refractivity contribution in [3.63, 3.8) is 0 Å². The largest absolute Gasteiger partial charge is 0.478 e. The molecule has 2 radical (unpaired) electrons. The van der Waals surface area contributed by atoms with Crippen molar-refractivity contribution in [2.45, 2.75) is 25.7 Å². The maximum atomic E-state index is 12.1. The smallest absolute Gasteiger partial charge is 0.328 e. The summed E-state index contributed by atoms with van der Waals surface area (Å²) in [7, 11) is 0. The van der Waals surface area contributed by atoms with Gasteiger partial charge < -0.3 is 10.1 Å². The van der Waals surface area contributed by atoms with E-state index < -0.39 is 5.97 Å². The summed E-state index contributed by atoms with van der Waals surface area (Å²) in [6.45, 7) is 0. The number of aromatic nitrogens is 2. The van der Waals surface area contributed by atoms with Crippen molar-refractivity contribution in [2.75, 3.05) is 0 Å². The molecule has 0 fully saturated rings. The fourth-order valence-corrected chi connectivity index (χ4v) is 3.68. The molecule has 2 aromatic heterocycles. The maximum absolute atomic E-state index is 12.1. The average molecular weight is 322 g/mol. The Morgan fingerprint density at radius 3 is 2.71 bits per heavy atom. The van der Waals surface area contributed by atoms with Crippen molar-refractivity contribution in [3.8, 4) is 0 Å². The van der Waals surface area contributed by atoms with Gasteiger partial charge in [0.2, 0.25) is 0 Å². The molecule has 5 nitrogen and oxygen atoms in total. The first kappa shape index (κ1) is 19.1. The zero-order valence-corrected chi connectivity index (χ0v) is 16.9. The molecule has 0 saturated carbocycles. The Kier molecular flexibility index (Phi) is 7.33. The number of rotatable bonds is 2. The summed E-state index contributed by atoms with van der Waals surface area (Å²) in [6.07, 6.45) is 6.49. The van der Waals surface area contributed by atoms with Crippen LogP contribution in [0.15, 0.2) is 10.9 Å². The van der Waals surface area contributed by atoms with E-state index in [2.05, 4.69) is 9.97 Å². The molecule has 0 saturated heterocycles. The number of aliphatic carboxylic acids is 1. The minimum atomic E-state index is -1.06. The van der Waals surface area contributed by atoms with Gasteiger partial charge in [-0.1, -0.05) is 0 Å². The molecule has 0 amide bonds. The molecular formula is C13H12N2Na2O3S. The Morgan fingerprint density at radius 1 is 1.29 bits per heavy atom. The number of carboxylic acid groups (broad SMARTS) is 1. The van der Waals surface area contributed by atoms with Crippen molar-refractivity contribution in [1.82, 2.24) is 9.97 Å². The zero-order chi connectivity index (χ0) is 13.4. The first-order valence-corrected chi connectivity index (χ1v) is 6.92. The average Bonchev–Trinajstić information content (AvgIpc) is 2.74. The molecule has 1 aliphatic rings. The van der Waals surface area contributed by atoms with Crippen LogP contribution in [0.3, 0.4) is 0 Å². The van der Waals surface area contributed by atoms with Gasteiger partial charge in [-0.25, -0.2) is 9.78 Å². The van der Waals surface area contributed by atoms with Gasteiger partial charge in [0.25, 0.3) is 5.56 Å². The monoisotopic (exact) mass is 322 g/mol. The summed E-state index contributed by atoms with van der Waals surface area (Å²) in [6, 6.07) is 0. The maximum Gasteiger partial charge on any atom is 0.328 e. The Labute approximate surface area is 169 Å². The number of aryl methyl sites for hydroxylation is 2. The van der Waals surface area contributed by atoms with E-state index in [0.717, 1.165) is 37.3 Å². The molecule has 8 heteroatoms. The van der Waals surface area contributed by atoms with Gasteiger partial charge in [-0.05, 0) is 37.3 Å². The third-order valence-electron chi connectivity index (χ3n) is 3.23. The number of carboxylic acids is 1. The number of aromatic amines is 1. The standard InChI is InChI=1S/C13H12N2O3S.2Na/c16-10(17)6-5-9-14-12(18)11-7-3-1-2-4-8(7)19-13(11)15-9;;/h5-6H,1-4H2,(H,16,17)(H,14,15,18);;. The summed E-state index contributed by atoms with van der Waals surface area (Å²) < 4.78 is 0. The molecule has 0 aromatic carbocycles. The van der Waals surface area contributed by atoms with Gasteiger partial charge in [0.05, 0.1) is 5.39 Å². The molecule has 2 N–H and O–H groups in total. The van der Waals surface area contributed by atoms with E-state index in [1.165, 1.54) is 11.0 Å². The van der Waals surface area contributed by atoms with E-state index in [-0.39, 0.29) is 64.7 Å². The predicted octanol–water partition coefficient (Wildman–Crippen LogP) is 1.20. The molecule has 0 atom stereocenters. The molecule has 2 aromatic rings. The third kappa shape index (κ3) is 4.07. The second-order valence-electron chi connectivity index (χ2n) is 4.51. The number of carbonyl (C=O) groups is 1. The topological polar surface area (TPSA) is 83.0 Å². The molecule has 0 bridgehead atoms. The SMILES string of the molecule is O=C(O)C=Cc1nc2sc3c(c2c(=O)[nH]1)CCCC3.[Na].[Na]. The summed E-state index contributed by atoms with van der Waals surface area (Å²) >= 11 is 1.55. The van der Waals surface area contributed by atoms with Gasteiger partial charge in [-0.3, -0.25) is 4.79 Å². The number of hydrogen-bond donors (Lipinski definition) is 2. The van der Waals surface area contributed by atoms with Gasteiger partial charge in [0.1, 0.15) is 10.7 Å². The van der Waals surface area contributed by atoms with Crippen LogP contribution in [0.4, 0.5) is 0 Å². The number of hydrogen-bond acceptors (Lipinski definition) is 4. The van der Waals surface area contributed by atoms with Gasteiger partial charge in [-0.2, -0.15) is 0 Å². The van der Waals surface area contributed by atoms with Crippen molar-refractivity contribution < 1.29 is 9.90 Å². The molecule has 0 spiro atoms. The summed E-state index contributed by atoms with van der Waals surface area (Å²) in [5, 5.41) is 9.27. The fraction of sp³-hybridized carbons (Fsp3) is 0.308. The predicted molar refractivity (Wildman–Crippen MR) is 85.1 cm³/mol. The van der Waals surface area contributed by atoms with Crippen LogP contribution in [0.2, 0.25) is 0 Å². The van der Waals surface area contributed by atoms with Crippen LogP contribution in [0.1, 0.15) is 29.1 Å². The zero-order valence-electron chi connectivity index (χ0n) is 12.1. The Balaban J connectivity index is 0.00000110. The number of fused-ring (bicyclic) bond motifs is 3. The molecule has 100 valence electrons. The van der Waals surface area contributed by atoms with Crippen molar-refractivity contribution >= 4 is 92.7 Å². The van der Waals surface area contributed by atoms with Crippen LogP contribution < -0.4 is 5.56 Å². The normalized spacial score (nSPS) is 13.5. The quantitative estimate of drug-likeness (QED) is 0.643. The first-order chi connectivity index (χ1) is 9.15.